The second-order valence-electron chi connectivity index (χ2n) is 4.94. The van der Waals surface area contributed by atoms with Gasteiger partial charge in [-0.1, -0.05) is 4.91 Å². The molecule has 0 fully saturated rings. The maximum atomic E-state index is 10.6. The van der Waals surface area contributed by atoms with Crippen LogP contribution in [0, 0.1) is 0 Å². The summed E-state index contributed by atoms with van der Waals surface area (Å²) >= 11 is 0. The zero-order valence-electron chi connectivity index (χ0n) is 12.9. The van der Waals surface area contributed by atoms with Gasteiger partial charge in [0.15, 0.2) is 5.75 Å². The number of benzene rings is 1. The van der Waals surface area contributed by atoms with E-state index in [-0.39, 0.29) is 0 Å². The van der Waals surface area contributed by atoms with Crippen LogP contribution in [0.5, 0.6) is 5.75 Å². The summed E-state index contributed by atoms with van der Waals surface area (Å²) in [5.41, 5.74) is 0.617. The number of hydrogen-bond acceptors (Lipinski definition) is 3. The lowest BCUT2D eigenvalue weighted by Crippen LogP contribution is -2.31. The summed E-state index contributed by atoms with van der Waals surface area (Å²) in [7, 11) is 9.83. The van der Waals surface area contributed by atoms with Gasteiger partial charge < -0.3 is 4.84 Å². The van der Waals surface area contributed by atoms with E-state index in [4.69, 9.17) is 4.84 Å². The lowest BCUT2D eigenvalue weighted by Gasteiger charge is -2.39. The van der Waals surface area contributed by atoms with Gasteiger partial charge in [0.25, 0.3) is 0 Å². The molecule has 112 valence electrons. The first-order valence-electron chi connectivity index (χ1n) is 6.22. The van der Waals surface area contributed by atoms with Crippen molar-refractivity contribution < 1.29 is 9.63 Å². The third-order valence-electron chi connectivity index (χ3n) is 2.88. The fraction of sp³-hybridized carbons (Fsp3) is 0.462. The summed E-state index contributed by atoms with van der Waals surface area (Å²) in [4.78, 5) is 20.7. The van der Waals surface area contributed by atoms with Crippen LogP contribution in [0.4, 0.5) is 0 Å². The highest BCUT2D eigenvalue weighted by Crippen LogP contribution is 2.54. The first kappa shape index (κ1) is 16.9. The minimum atomic E-state index is -2.06. The average molecular weight is 298 g/mol. The van der Waals surface area contributed by atoms with Gasteiger partial charge in [0, 0.05) is 5.56 Å². The third-order valence-corrected chi connectivity index (χ3v) is 6.40. The molecule has 1 rings (SSSR count). The third kappa shape index (κ3) is 3.46. The molecule has 0 atom stereocenters. The van der Waals surface area contributed by atoms with Crippen LogP contribution in [0.3, 0.4) is 0 Å². The van der Waals surface area contributed by atoms with Crippen molar-refractivity contribution in [2.75, 3.05) is 42.3 Å². The zero-order chi connectivity index (χ0) is 15.3. The van der Waals surface area contributed by atoms with E-state index in [2.05, 4.69) is 18.9 Å². The van der Waals surface area contributed by atoms with Crippen LogP contribution in [0.1, 0.15) is 10.4 Å². The molecule has 0 aromatic heterocycles. The number of rotatable bonds is 6. The Balaban J connectivity index is 3.10. The predicted molar refractivity (Wildman–Crippen MR) is 82.9 cm³/mol. The molecule has 0 amide bonds. The molecule has 0 bridgehead atoms. The summed E-state index contributed by atoms with van der Waals surface area (Å²) in [6.45, 7) is 0. The van der Waals surface area contributed by atoms with Gasteiger partial charge in [-0.15, -0.1) is 0 Å². The molecule has 0 saturated carbocycles. The summed E-state index contributed by atoms with van der Waals surface area (Å²) in [6, 6.07) is 6.89. The highest BCUT2D eigenvalue weighted by Gasteiger charge is 2.29. The van der Waals surface area contributed by atoms with Gasteiger partial charge >= 0.3 is 0 Å². The normalized spacial score (nSPS) is 12.1. The summed E-state index contributed by atoms with van der Waals surface area (Å²) in [5, 5.41) is 0. The van der Waals surface area contributed by atoms with E-state index in [0.717, 1.165) is 6.29 Å². The van der Waals surface area contributed by atoms with Crippen molar-refractivity contribution in [3.63, 3.8) is 0 Å². The molecular weight excluding hydrogens is 275 g/mol. The summed E-state index contributed by atoms with van der Waals surface area (Å²) in [5.74, 6) is 0.616. The van der Waals surface area contributed by atoms with Crippen molar-refractivity contribution in [3.05, 3.63) is 29.8 Å². The second-order valence-corrected chi connectivity index (χ2v) is 8.57. The average Bonchev–Trinajstić information content (AvgIpc) is 2.38. The Bertz CT molecular complexity index is 469. The lowest BCUT2D eigenvalue weighted by atomic mass is 10.2. The van der Waals surface area contributed by atoms with Crippen LogP contribution in [0.15, 0.2) is 29.2 Å². The topological polar surface area (TPSA) is 48.4 Å². The molecule has 6 nitrogen and oxygen atoms in total. The van der Waals surface area contributed by atoms with E-state index in [9.17, 15) is 4.79 Å². The maximum absolute atomic E-state index is 10.6. The Morgan fingerprint density at radius 1 is 0.950 bits per heavy atom. The molecule has 0 aliphatic rings. The molecule has 20 heavy (non-hydrogen) atoms. The largest absolute Gasteiger partial charge is 0.355 e. The van der Waals surface area contributed by atoms with Crippen LogP contribution < -0.4 is 4.84 Å². The van der Waals surface area contributed by atoms with E-state index in [1.807, 2.05) is 42.3 Å². The van der Waals surface area contributed by atoms with Crippen LogP contribution in [-0.4, -0.2) is 62.6 Å². The zero-order valence-corrected chi connectivity index (χ0v) is 13.8. The van der Waals surface area contributed by atoms with E-state index < -0.39 is 7.51 Å². The van der Waals surface area contributed by atoms with Crippen molar-refractivity contribution in [3.8, 4) is 5.75 Å². The monoisotopic (exact) mass is 298 g/mol. The Kier molecular flexibility index (Phi) is 5.89. The van der Waals surface area contributed by atoms with Crippen molar-refractivity contribution in [1.82, 2.24) is 14.0 Å². The van der Waals surface area contributed by atoms with Gasteiger partial charge in [-0.2, -0.15) is 0 Å². The molecule has 1 aromatic rings. The fourth-order valence-corrected chi connectivity index (χ4v) is 4.79. The maximum Gasteiger partial charge on any atom is 0.210 e. The first-order chi connectivity index (χ1) is 9.34. The molecule has 0 radical (unpaired) electrons. The van der Waals surface area contributed by atoms with Crippen LogP contribution in [0.25, 0.3) is 0 Å². The number of aldehydes is 1. The first-order valence-corrected chi connectivity index (χ1v) is 7.82. The molecule has 1 aromatic carbocycles. The highest BCUT2D eigenvalue weighted by atomic mass is 31.2. The molecule has 0 aliphatic carbocycles. The molecule has 0 aliphatic heterocycles. The number of carbonyl (C=O) groups excluding carboxylic acids is 1. The molecule has 0 heterocycles. The lowest BCUT2D eigenvalue weighted by molar-refractivity contribution is 0.112. The van der Waals surface area contributed by atoms with E-state index in [1.54, 1.807) is 24.3 Å². The Morgan fingerprint density at radius 3 is 1.75 bits per heavy atom. The second kappa shape index (κ2) is 6.99. The van der Waals surface area contributed by atoms with E-state index in [1.165, 1.54) is 0 Å². The Hall–Kier alpha value is -1.20. The van der Waals surface area contributed by atoms with Crippen molar-refractivity contribution >= 4 is 13.8 Å². The fourth-order valence-electron chi connectivity index (χ4n) is 2.00. The standard InChI is InChI=1S/C13H23N4O2P/c1-15(2)20(16(3)4,17(5)6)14-19-13-9-7-12(11-18)8-10-13/h7-11H,1-6H3. The number of carbonyl (C=O) groups is 1. The predicted octanol–water partition coefficient (Wildman–Crippen LogP) is 2.42. The molecule has 7 heteroatoms. The minimum Gasteiger partial charge on any atom is -0.355 e. The Labute approximate surface area is 121 Å². The van der Waals surface area contributed by atoms with Gasteiger partial charge in [0.1, 0.15) is 6.29 Å². The van der Waals surface area contributed by atoms with E-state index >= 15 is 0 Å². The van der Waals surface area contributed by atoms with Crippen molar-refractivity contribution in [1.29, 1.82) is 0 Å². The van der Waals surface area contributed by atoms with Gasteiger partial charge in [-0.05, 0) is 66.6 Å². The summed E-state index contributed by atoms with van der Waals surface area (Å²) in [6.07, 6.45) is 0.803. The van der Waals surface area contributed by atoms with Crippen LogP contribution in [0.2, 0.25) is 0 Å². The van der Waals surface area contributed by atoms with Crippen LogP contribution >= 0.6 is 7.51 Å². The molecular formula is C13H23N4O2P. The smallest absolute Gasteiger partial charge is 0.210 e. The van der Waals surface area contributed by atoms with E-state index in [0.29, 0.717) is 11.3 Å². The highest BCUT2D eigenvalue weighted by molar-refractivity contribution is 7.58. The molecule has 0 N–H and O–H groups in total. The van der Waals surface area contributed by atoms with Gasteiger partial charge in [0.05, 0.1) is 0 Å². The van der Waals surface area contributed by atoms with Gasteiger partial charge in [-0.25, -0.2) is 14.0 Å². The quantitative estimate of drug-likeness (QED) is 0.458. The summed E-state index contributed by atoms with van der Waals surface area (Å²) < 4.78 is 6.19. The van der Waals surface area contributed by atoms with Gasteiger partial charge in [0.2, 0.25) is 7.51 Å². The number of nitrogens with zero attached hydrogens (tertiary/aromatic N) is 4. The van der Waals surface area contributed by atoms with Crippen molar-refractivity contribution in [2.45, 2.75) is 0 Å². The van der Waals surface area contributed by atoms with Crippen LogP contribution in [-0.2, 0) is 0 Å². The number of hydrogen-bond donors (Lipinski definition) is 0. The SMILES string of the molecule is CN(C)P(=NOc1ccc(C=O)cc1)(N(C)C)N(C)C. The minimum absolute atomic E-state index is 0.616. The van der Waals surface area contributed by atoms with Gasteiger partial charge in [-0.3, -0.25) is 4.79 Å². The molecule has 0 saturated heterocycles. The Morgan fingerprint density at radius 2 is 1.40 bits per heavy atom. The molecule has 0 unspecified atom stereocenters. The van der Waals surface area contributed by atoms with Crippen molar-refractivity contribution in [2.24, 2.45) is 4.91 Å². The molecule has 0 spiro atoms.